The zero-order valence-corrected chi connectivity index (χ0v) is 10.9. The zero-order valence-electron chi connectivity index (χ0n) is 10.9. The van der Waals surface area contributed by atoms with Crippen molar-refractivity contribution < 1.29 is 0 Å². The molecule has 0 unspecified atom stereocenters. The molecule has 1 aliphatic carbocycles. The highest BCUT2D eigenvalue weighted by molar-refractivity contribution is 5.36. The Balaban J connectivity index is 1.73. The molecule has 0 radical (unpaired) electrons. The molecule has 0 bridgehead atoms. The smallest absolute Gasteiger partial charge is 0.293 e. The minimum Gasteiger partial charge on any atom is -0.361 e. The van der Waals surface area contributed by atoms with E-state index >= 15 is 0 Å². The Labute approximate surface area is 116 Å². The van der Waals surface area contributed by atoms with Gasteiger partial charge in [-0.05, 0) is 30.5 Å². The average Bonchev–Trinajstić information content (AvgIpc) is 3.31. The molecule has 1 heterocycles. The summed E-state index contributed by atoms with van der Waals surface area (Å²) in [6, 6.07) is 9.69. The molecule has 20 heavy (non-hydrogen) atoms. The van der Waals surface area contributed by atoms with Gasteiger partial charge in [-0.2, -0.15) is 5.26 Å². The van der Waals surface area contributed by atoms with Gasteiger partial charge >= 0.3 is 0 Å². The van der Waals surface area contributed by atoms with Gasteiger partial charge in [-0.3, -0.25) is 4.79 Å². The van der Waals surface area contributed by atoms with Gasteiger partial charge in [0, 0.05) is 25.0 Å². The predicted molar refractivity (Wildman–Crippen MR) is 75.3 cm³/mol. The van der Waals surface area contributed by atoms with Gasteiger partial charge in [-0.1, -0.05) is 12.1 Å². The van der Waals surface area contributed by atoms with E-state index in [9.17, 15) is 4.79 Å². The Morgan fingerprint density at radius 3 is 2.75 bits per heavy atom. The van der Waals surface area contributed by atoms with Crippen molar-refractivity contribution in [3.05, 3.63) is 58.1 Å². The molecule has 5 heteroatoms. The van der Waals surface area contributed by atoms with Gasteiger partial charge in [0.15, 0.2) is 5.82 Å². The summed E-state index contributed by atoms with van der Waals surface area (Å²) in [6.07, 6.45) is 5.53. The molecule has 0 saturated heterocycles. The molecule has 100 valence electrons. The third kappa shape index (κ3) is 2.54. The molecule has 1 aromatic carbocycles. The lowest BCUT2D eigenvalue weighted by molar-refractivity contribution is 0.699. The molecule has 0 aliphatic heterocycles. The fourth-order valence-electron chi connectivity index (χ4n) is 2.07. The second-order valence-corrected chi connectivity index (χ2v) is 4.88. The van der Waals surface area contributed by atoms with Gasteiger partial charge in [0.1, 0.15) is 0 Å². The molecule has 3 rings (SSSR count). The van der Waals surface area contributed by atoms with Crippen molar-refractivity contribution >= 4 is 5.82 Å². The highest BCUT2D eigenvalue weighted by Crippen LogP contribution is 2.33. The Morgan fingerprint density at radius 1 is 1.35 bits per heavy atom. The molecule has 1 aromatic heterocycles. The van der Waals surface area contributed by atoms with E-state index in [1.807, 2.05) is 12.1 Å². The van der Waals surface area contributed by atoms with Gasteiger partial charge in [-0.15, -0.1) is 0 Å². The fourth-order valence-corrected chi connectivity index (χ4v) is 2.07. The van der Waals surface area contributed by atoms with Crippen LogP contribution in [0.25, 0.3) is 0 Å². The Morgan fingerprint density at radius 2 is 2.10 bits per heavy atom. The first-order valence-electron chi connectivity index (χ1n) is 6.58. The number of hydrogen-bond donors (Lipinski definition) is 1. The minimum absolute atomic E-state index is 0.0661. The van der Waals surface area contributed by atoms with E-state index in [0.717, 1.165) is 18.4 Å². The topological polar surface area (TPSA) is 70.7 Å². The molecule has 5 nitrogen and oxygen atoms in total. The van der Waals surface area contributed by atoms with Crippen LogP contribution in [0.5, 0.6) is 0 Å². The van der Waals surface area contributed by atoms with Crippen LogP contribution < -0.4 is 10.9 Å². The number of hydrogen-bond acceptors (Lipinski definition) is 4. The molecule has 1 aliphatic rings. The fraction of sp³-hybridized carbons (Fsp3) is 0.267. The van der Waals surface area contributed by atoms with E-state index in [0.29, 0.717) is 24.0 Å². The zero-order chi connectivity index (χ0) is 13.9. The van der Waals surface area contributed by atoms with E-state index in [2.05, 4.69) is 16.4 Å². The standard InChI is InChI=1S/C15H14N4O/c16-9-11-1-3-12(4-2-11)10-18-14-15(20)19(8-7-17-14)13-5-6-13/h1-4,7-8,13H,5-6,10H2,(H,17,18). The van der Waals surface area contributed by atoms with Crippen molar-refractivity contribution in [3.63, 3.8) is 0 Å². The highest BCUT2D eigenvalue weighted by Gasteiger charge is 2.25. The number of anilines is 1. The van der Waals surface area contributed by atoms with Crippen LogP contribution >= 0.6 is 0 Å². The molecule has 1 fully saturated rings. The molecule has 0 atom stereocenters. The first-order chi connectivity index (χ1) is 9.78. The third-order valence-electron chi connectivity index (χ3n) is 3.35. The van der Waals surface area contributed by atoms with Crippen molar-refractivity contribution in [2.45, 2.75) is 25.4 Å². The summed E-state index contributed by atoms with van der Waals surface area (Å²) in [5, 5.41) is 11.8. The normalized spacial score (nSPS) is 13.8. The van der Waals surface area contributed by atoms with Crippen molar-refractivity contribution in [2.75, 3.05) is 5.32 Å². The summed E-state index contributed by atoms with van der Waals surface area (Å²) in [4.78, 5) is 16.3. The molecule has 1 N–H and O–H groups in total. The summed E-state index contributed by atoms with van der Waals surface area (Å²) < 4.78 is 1.74. The number of benzene rings is 1. The lowest BCUT2D eigenvalue weighted by Gasteiger charge is -2.08. The van der Waals surface area contributed by atoms with Gasteiger partial charge in [0.2, 0.25) is 0 Å². The average molecular weight is 266 g/mol. The molecule has 0 amide bonds. The number of nitriles is 1. The largest absolute Gasteiger partial charge is 0.361 e. The van der Waals surface area contributed by atoms with Crippen molar-refractivity contribution in [1.29, 1.82) is 5.26 Å². The van der Waals surface area contributed by atoms with E-state index in [4.69, 9.17) is 5.26 Å². The van der Waals surface area contributed by atoms with E-state index < -0.39 is 0 Å². The van der Waals surface area contributed by atoms with Crippen LogP contribution in [0.3, 0.4) is 0 Å². The maximum Gasteiger partial charge on any atom is 0.293 e. The summed E-state index contributed by atoms with van der Waals surface area (Å²) in [6.45, 7) is 0.516. The molecule has 2 aromatic rings. The number of nitrogens with zero attached hydrogens (tertiary/aromatic N) is 3. The Hall–Kier alpha value is -2.61. The quantitative estimate of drug-likeness (QED) is 0.919. The number of aromatic nitrogens is 2. The molecule has 0 spiro atoms. The summed E-state index contributed by atoms with van der Waals surface area (Å²) >= 11 is 0. The second-order valence-electron chi connectivity index (χ2n) is 4.88. The van der Waals surface area contributed by atoms with Gasteiger partial charge in [0.25, 0.3) is 5.56 Å². The summed E-state index contributed by atoms with van der Waals surface area (Å²) in [7, 11) is 0. The second kappa shape index (κ2) is 5.17. The van der Waals surface area contributed by atoms with Crippen LogP contribution in [0.2, 0.25) is 0 Å². The summed E-state index contributed by atoms with van der Waals surface area (Å²) in [5.74, 6) is 0.378. The molecular formula is C15H14N4O. The van der Waals surface area contributed by atoms with Crippen LogP contribution in [0.1, 0.15) is 30.0 Å². The maximum atomic E-state index is 12.2. The third-order valence-corrected chi connectivity index (χ3v) is 3.35. The summed E-state index contributed by atoms with van der Waals surface area (Å²) in [5.41, 5.74) is 1.57. The van der Waals surface area contributed by atoms with Crippen LogP contribution in [-0.2, 0) is 6.54 Å². The highest BCUT2D eigenvalue weighted by atomic mass is 16.1. The first-order valence-corrected chi connectivity index (χ1v) is 6.58. The van der Waals surface area contributed by atoms with Crippen LogP contribution in [-0.4, -0.2) is 9.55 Å². The Kier molecular flexibility index (Phi) is 3.21. The monoisotopic (exact) mass is 266 g/mol. The van der Waals surface area contributed by atoms with E-state index in [1.54, 1.807) is 29.1 Å². The van der Waals surface area contributed by atoms with Crippen molar-refractivity contribution in [3.8, 4) is 6.07 Å². The van der Waals surface area contributed by atoms with E-state index in [-0.39, 0.29) is 5.56 Å². The first kappa shape index (κ1) is 12.4. The van der Waals surface area contributed by atoms with Crippen LogP contribution in [0.4, 0.5) is 5.82 Å². The van der Waals surface area contributed by atoms with Crippen LogP contribution in [0, 0.1) is 11.3 Å². The number of rotatable bonds is 4. The molecular weight excluding hydrogens is 252 g/mol. The van der Waals surface area contributed by atoms with Gasteiger partial charge in [0.05, 0.1) is 11.6 Å². The maximum absolute atomic E-state index is 12.2. The van der Waals surface area contributed by atoms with Gasteiger partial charge < -0.3 is 9.88 Å². The predicted octanol–water partition coefficient (Wildman–Crippen LogP) is 2.06. The van der Waals surface area contributed by atoms with Crippen LogP contribution in [0.15, 0.2) is 41.5 Å². The lowest BCUT2D eigenvalue weighted by Crippen LogP contribution is -2.23. The molecule has 1 saturated carbocycles. The minimum atomic E-state index is -0.0661. The number of nitrogens with one attached hydrogen (secondary N) is 1. The van der Waals surface area contributed by atoms with Gasteiger partial charge in [-0.25, -0.2) is 4.98 Å². The SMILES string of the molecule is N#Cc1ccc(CNc2nccn(C3CC3)c2=O)cc1. The lowest BCUT2D eigenvalue weighted by atomic mass is 10.1. The van der Waals surface area contributed by atoms with E-state index in [1.165, 1.54) is 0 Å². The van der Waals surface area contributed by atoms with Crippen molar-refractivity contribution in [2.24, 2.45) is 0 Å². The van der Waals surface area contributed by atoms with Crippen molar-refractivity contribution in [1.82, 2.24) is 9.55 Å². The Bertz CT molecular complexity index is 708.